The summed E-state index contributed by atoms with van der Waals surface area (Å²) in [7, 11) is 0. The van der Waals surface area contributed by atoms with Crippen LogP contribution in [0.2, 0.25) is 0 Å². The predicted octanol–water partition coefficient (Wildman–Crippen LogP) is 2.00. The smallest absolute Gasteiger partial charge is 0.128 e. The Morgan fingerprint density at radius 3 is 2.63 bits per heavy atom. The Morgan fingerprint density at radius 2 is 1.95 bits per heavy atom. The molecule has 0 spiro atoms. The van der Waals surface area contributed by atoms with E-state index in [0.29, 0.717) is 0 Å². The summed E-state index contributed by atoms with van der Waals surface area (Å²) in [5, 5.41) is 14.3. The first kappa shape index (κ1) is 13.3. The standard InChI is InChI=1S/C13H20N6/c1-2-7-14-12-5-3-6-13(17-12)15-8-4-10-19-11-9-16-18-19/h3,5-6,9,11H,2,4,7-8,10H2,1H3,(H2,14,15,17). The van der Waals surface area contributed by atoms with Gasteiger partial charge in [-0.1, -0.05) is 18.2 Å². The monoisotopic (exact) mass is 260 g/mol. The van der Waals surface area contributed by atoms with Crippen LogP contribution in [0.15, 0.2) is 30.6 Å². The average molecular weight is 260 g/mol. The minimum Gasteiger partial charge on any atom is -0.370 e. The van der Waals surface area contributed by atoms with Crippen molar-refractivity contribution >= 4 is 11.6 Å². The molecule has 19 heavy (non-hydrogen) atoms. The third-order valence-electron chi connectivity index (χ3n) is 2.65. The number of hydrogen-bond acceptors (Lipinski definition) is 5. The highest BCUT2D eigenvalue weighted by atomic mass is 15.4. The summed E-state index contributed by atoms with van der Waals surface area (Å²) in [5.41, 5.74) is 0. The van der Waals surface area contributed by atoms with Gasteiger partial charge in [0, 0.05) is 25.8 Å². The molecule has 6 nitrogen and oxygen atoms in total. The Labute approximate surface area is 113 Å². The van der Waals surface area contributed by atoms with E-state index < -0.39 is 0 Å². The molecular formula is C13H20N6. The van der Waals surface area contributed by atoms with Gasteiger partial charge in [-0.05, 0) is 25.0 Å². The summed E-state index contributed by atoms with van der Waals surface area (Å²) >= 11 is 0. The van der Waals surface area contributed by atoms with Crippen LogP contribution in [0.5, 0.6) is 0 Å². The molecule has 0 unspecified atom stereocenters. The molecule has 0 amide bonds. The summed E-state index contributed by atoms with van der Waals surface area (Å²) in [6.45, 7) is 4.81. The van der Waals surface area contributed by atoms with Gasteiger partial charge in [-0.15, -0.1) is 5.10 Å². The molecule has 2 heterocycles. The van der Waals surface area contributed by atoms with E-state index in [1.165, 1.54) is 0 Å². The Balaban J connectivity index is 1.73. The second-order valence-electron chi connectivity index (χ2n) is 4.28. The fraction of sp³-hybridized carbons (Fsp3) is 0.462. The highest BCUT2D eigenvalue weighted by Gasteiger charge is 1.97. The molecule has 2 aromatic rings. The number of rotatable bonds is 8. The number of nitrogens with one attached hydrogen (secondary N) is 2. The minimum atomic E-state index is 0.862. The second-order valence-corrected chi connectivity index (χ2v) is 4.28. The van der Waals surface area contributed by atoms with Crippen LogP contribution in [0.4, 0.5) is 11.6 Å². The molecule has 2 aromatic heterocycles. The summed E-state index contributed by atoms with van der Waals surface area (Å²) in [4.78, 5) is 4.49. The van der Waals surface area contributed by atoms with Crippen LogP contribution < -0.4 is 10.6 Å². The first-order valence-electron chi connectivity index (χ1n) is 6.67. The lowest BCUT2D eigenvalue weighted by Crippen LogP contribution is -2.09. The van der Waals surface area contributed by atoms with E-state index in [4.69, 9.17) is 0 Å². The van der Waals surface area contributed by atoms with Crippen molar-refractivity contribution in [1.29, 1.82) is 0 Å². The molecule has 102 valence electrons. The molecule has 0 aromatic carbocycles. The quantitative estimate of drug-likeness (QED) is 0.711. The van der Waals surface area contributed by atoms with Crippen molar-refractivity contribution in [2.45, 2.75) is 26.3 Å². The zero-order valence-corrected chi connectivity index (χ0v) is 11.2. The molecule has 0 atom stereocenters. The lowest BCUT2D eigenvalue weighted by molar-refractivity contribution is 0.569. The molecule has 0 aliphatic heterocycles. The van der Waals surface area contributed by atoms with Crippen LogP contribution in [0, 0.1) is 0 Å². The van der Waals surface area contributed by atoms with Gasteiger partial charge in [0.05, 0.1) is 6.20 Å². The van der Waals surface area contributed by atoms with Crippen molar-refractivity contribution < 1.29 is 0 Å². The number of anilines is 2. The molecule has 2 rings (SSSR count). The van der Waals surface area contributed by atoms with Crippen LogP contribution >= 0.6 is 0 Å². The highest BCUT2D eigenvalue weighted by molar-refractivity contribution is 5.44. The highest BCUT2D eigenvalue weighted by Crippen LogP contribution is 2.09. The van der Waals surface area contributed by atoms with E-state index >= 15 is 0 Å². The van der Waals surface area contributed by atoms with Crippen LogP contribution in [0.25, 0.3) is 0 Å². The van der Waals surface area contributed by atoms with Crippen LogP contribution in [-0.4, -0.2) is 33.1 Å². The lowest BCUT2D eigenvalue weighted by atomic mass is 10.4. The Kier molecular flexibility index (Phi) is 5.16. The van der Waals surface area contributed by atoms with Gasteiger partial charge in [0.2, 0.25) is 0 Å². The van der Waals surface area contributed by atoms with Crippen LogP contribution in [0.1, 0.15) is 19.8 Å². The molecular weight excluding hydrogens is 240 g/mol. The summed E-state index contributed by atoms with van der Waals surface area (Å²) < 4.78 is 1.83. The van der Waals surface area contributed by atoms with Gasteiger partial charge in [-0.2, -0.15) is 0 Å². The van der Waals surface area contributed by atoms with Gasteiger partial charge in [0.15, 0.2) is 0 Å². The van der Waals surface area contributed by atoms with E-state index in [1.807, 2.05) is 29.1 Å². The lowest BCUT2D eigenvalue weighted by Gasteiger charge is -2.08. The molecule has 0 radical (unpaired) electrons. The number of pyridine rings is 1. The maximum absolute atomic E-state index is 4.49. The molecule has 0 bridgehead atoms. The minimum absolute atomic E-state index is 0.862. The third kappa shape index (κ3) is 4.57. The largest absolute Gasteiger partial charge is 0.370 e. The fourth-order valence-electron chi connectivity index (χ4n) is 1.69. The fourth-order valence-corrected chi connectivity index (χ4v) is 1.69. The maximum atomic E-state index is 4.49. The van der Waals surface area contributed by atoms with Crippen molar-refractivity contribution in [2.24, 2.45) is 0 Å². The van der Waals surface area contributed by atoms with Crippen molar-refractivity contribution in [3.63, 3.8) is 0 Å². The molecule has 6 heteroatoms. The molecule has 0 aliphatic carbocycles. The van der Waals surface area contributed by atoms with E-state index in [9.17, 15) is 0 Å². The molecule has 0 fully saturated rings. The SMILES string of the molecule is CCCNc1cccc(NCCCn2ccnn2)n1. The summed E-state index contributed by atoms with van der Waals surface area (Å²) in [5.74, 6) is 1.82. The Morgan fingerprint density at radius 1 is 1.16 bits per heavy atom. The van der Waals surface area contributed by atoms with Crippen molar-refractivity contribution in [3.05, 3.63) is 30.6 Å². The summed E-state index contributed by atoms with van der Waals surface area (Å²) in [6, 6.07) is 5.97. The zero-order valence-electron chi connectivity index (χ0n) is 11.2. The third-order valence-corrected chi connectivity index (χ3v) is 2.65. The molecule has 0 aliphatic rings. The van der Waals surface area contributed by atoms with E-state index in [2.05, 4.69) is 32.9 Å². The number of nitrogens with zero attached hydrogens (tertiary/aromatic N) is 4. The Hall–Kier alpha value is -2.11. The van der Waals surface area contributed by atoms with Crippen molar-refractivity contribution in [3.8, 4) is 0 Å². The molecule has 0 saturated carbocycles. The Bertz CT molecular complexity index is 468. The van der Waals surface area contributed by atoms with E-state index in [0.717, 1.165) is 44.1 Å². The van der Waals surface area contributed by atoms with Gasteiger partial charge in [0.1, 0.15) is 11.6 Å². The second kappa shape index (κ2) is 7.35. The average Bonchev–Trinajstić information content (AvgIpc) is 2.95. The van der Waals surface area contributed by atoms with Gasteiger partial charge >= 0.3 is 0 Å². The van der Waals surface area contributed by atoms with Gasteiger partial charge in [0.25, 0.3) is 0 Å². The van der Waals surface area contributed by atoms with Gasteiger partial charge in [-0.25, -0.2) is 4.98 Å². The van der Waals surface area contributed by atoms with Crippen molar-refractivity contribution in [1.82, 2.24) is 20.0 Å². The van der Waals surface area contributed by atoms with Crippen molar-refractivity contribution in [2.75, 3.05) is 23.7 Å². The van der Waals surface area contributed by atoms with E-state index in [1.54, 1.807) is 6.20 Å². The number of aromatic nitrogens is 4. The zero-order chi connectivity index (χ0) is 13.3. The predicted molar refractivity (Wildman–Crippen MR) is 76.1 cm³/mol. The number of aryl methyl sites for hydroxylation is 1. The first-order chi connectivity index (χ1) is 9.38. The molecule has 0 saturated heterocycles. The van der Waals surface area contributed by atoms with Crippen LogP contribution in [-0.2, 0) is 6.54 Å². The maximum Gasteiger partial charge on any atom is 0.128 e. The normalized spacial score (nSPS) is 10.4. The topological polar surface area (TPSA) is 67.7 Å². The van der Waals surface area contributed by atoms with Gasteiger partial charge in [-0.3, -0.25) is 4.68 Å². The summed E-state index contributed by atoms with van der Waals surface area (Å²) in [6.07, 6.45) is 5.64. The van der Waals surface area contributed by atoms with E-state index in [-0.39, 0.29) is 0 Å². The van der Waals surface area contributed by atoms with Crippen LogP contribution in [0.3, 0.4) is 0 Å². The molecule has 2 N–H and O–H groups in total. The number of hydrogen-bond donors (Lipinski definition) is 2. The first-order valence-corrected chi connectivity index (χ1v) is 6.67. The van der Waals surface area contributed by atoms with Gasteiger partial charge < -0.3 is 10.6 Å².